The molecule has 1 aliphatic rings. The number of hydrogen-bond donors (Lipinski definition) is 1. The Morgan fingerprint density at radius 3 is 2.22 bits per heavy atom. The van der Waals surface area contributed by atoms with Crippen LogP contribution in [0.3, 0.4) is 0 Å². The number of amides is 1. The first-order valence-electron chi connectivity index (χ1n) is 8.49. The number of para-hydroxylation sites is 1. The minimum atomic E-state index is 0.148. The van der Waals surface area contributed by atoms with E-state index in [4.69, 9.17) is 12.2 Å². The van der Waals surface area contributed by atoms with Crippen molar-refractivity contribution in [1.29, 1.82) is 0 Å². The Morgan fingerprint density at radius 1 is 1.09 bits per heavy atom. The fraction of sp³-hybridized carbons (Fsp3) is 0.556. The number of nitrogens with one attached hydrogen (secondary N) is 1. The maximum atomic E-state index is 11.5. The van der Waals surface area contributed by atoms with Crippen molar-refractivity contribution in [2.24, 2.45) is 0 Å². The Kier molecular flexibility index (Phi) is 6.39. The number of benzene rings is 1. The number of anilines is 1. The maximum absolute atomic E-state index is 11.5. The zero-order chi connectivity index (χ0) is 16.8. The molecule has 1 aromatic carbocycles. The van der Waals surface area contributed by atoms with Crippen LogP contribution >= 0.6 is 12.2 Å². The van der Waals surface area contributed by atoms with Crippen molar-refractivity contribution >= 4 is 28.9 Å². The first kappa shape index (κ1) is 17.7. The molecule has 1 fully saturated rings. The minimum Gasteiger partial charge on any atom is -0.347 e. The quantitative estimate of drug-likeness (QED) is 0.863. The second-order valence-corrected chi connectivity index (χ2v) is 6.32. The summed E-state index contributed by atoms with van der Waals surface area (Å²) in [6.07, 6.45) is 2.92. The molecule has 126 valence electrons. The Hall–Kier alpha value is -1.62. The third kappa shape index (κ3) is 4.44. The summed E-state index contributed by atoms with van der Waals surface area (Å²) in [5.41, 5.74) is 3.76. The van der Waals surface area contributed by atoms with Gasteiger partial charge in [0, 0.05) is 38.8 Å². The van der Waals surface area contributed by atoms with E-state index in [0.717, 1.165) is 56.2 Å². The van der Waals surface area contributed by atoms with E-state index in [2.05, 4.69) is 42.3 Å². The van der Waals surface area contributed by atoms with Crippen LogP contribution in [-0.2, 0) is 17.6 Å². The fourth-order valence-corrected chi connectivity index (χ4v) is 3.31. The van der Waals surface area contributed by atoms with Crippen molar-refractivity contribution in [1.82, 2.24) is 9.80 Å². The number of nitrogens with zero attached hydrogens (tertiary/aromatic N) is 2. The third-order valence-corrected chi connectivity index (χ3v) is 4.82. The van der Waals surface area contributed by atoms with Gasteiger partial charge in [-0.15, -0.1) is 0 Å². The molecule has 0 bridgehead atoms. The molecule has 1 amide bonds. The fourth-order valence-electron chi connectivity index (χ4n) is 3.02. The van der Waals surface area contributed by atoms with Crippen molar-refractivity contribution in [3.8, 4) is 0 Å². The molecular formula is C18H27N3OS. The third-order valence-electron chi connectivity index (χ3n) is 4.46. The summed E-state index contributed by atoms with van der Waals surface area (Å²) in [7, 11) is 0. The highest BCUT2D eigenvalue weighted by Gasteiger charge is 2.19. The van der Waals surface area contributed by atoms with Crippen LogP contribution < -0.4 is 5.32 Å². The Labute approximate surface area is 144 Å². The van der Waals surface area contributed by atoms with Crippen LogP contribution in [0.2, 0.25) is 0 Å². The molecule has 0 atom stereocenters. The lowest BCUT2D eigenvalue weighted by Crippen LogP contribution is -2.39. The lowest BCUT2D eigenvalue weighted by molar-refractivity contribution is -0.128. The number of thiocarbonyl (C=S) groups is 1. The highest BCUT2D eigenvalue weighted by atomic mass is 32.1. The van der Waals surface area contributed by atoms with Gasteiger partial charge in [-0.05, 0) is 42.6 Å². The van der Waals surface area contributed by atoms with Crippen LogP contribution in [-0.4, -0.2) is 47.0 Å². The van der Waals surface area contributed by atoms with Gasteiger partial charge >= 0.3 is 0 Å². The minimum absolute atomic E-state index is 0.148. The van der Waals surface area contributed by atoms with Gasteiger partial charge in [-0.25, -0.2) is 0 Å². The van der Waals surface area contributed by atoms with Crippen molar-refractivity contribution < 1.29 is 4.79 Å². The van der Waals surface area contributed by atoms with Gasteiger partial charge in [0.05, 0.1) is 0 Å². The lowest BCUT2D eigenvalue weighted by Gasteiger charge is -2.26. The Bertz CT molecular complexity index is 551. The Balaban J connectivity index is 2.09. The monoisotopic (exact) mass is 333 g/mol. The lowest BCUT2D eigenvalue weighted by atomic mass is 10.0. The van der Waals surface area contributed by atoms with E-state index in [0.29, 0.717) is 0 Å². The number of aryl methyl sites for hydroxylation is 2. The van der Waals surface area contributed by atoms with Crippen LogP contribution in [0.25, 0.3) is 0 Å². The molecule has 2 rings (SSSR count). The smallest absolute Gasteiger partial charge is 0.219 e. The molecular weight excluding hydrogens is 306 g/mol. The van der Waals surface area contributed by atoms with Gasteiger partial charge in [0.25, 0.3) is 0 Å². The van der Waals surface area contributed by atoms with Gasteiger partial charge in [-0.3, -0.25) is 4.79 Å². The summed E-state index contributed by atoms with van der Waals surface area (Å²) in [4.78, 5) is 15.6. The van der Waals surface area contributed by atoms with Crippen LogP contribution in [0.15, 0.2) is 18.2 Å². The number of carbonyl (C=O) groups is 1. The molecule has 1 heterocycles. The van der Waals surface area contributed by atoms with Crippen molar-refractivity contribution in [3.63, 3.8) is 0 Å². The summed E-state index contributed by atoms with van der Waals surface area (Å²) < 4.78 is 0. The van der Waals surface area contributed by atoms with E-state index in [1.807, 2.05) is 4.90 Å². The molecule has 4 nitrogen and oxygen atoms in total. The van der Waals surface area contributed by atoms with Gasteiger partial charge in [-0.2, -0.15) is 0 Å². The number of rotatable bonds is 3. The summed E-state index contributed by atoms with van der Waals surface area (Å²) in [6, 6.07) is 6.43. The molecule has 0 aromatic heterocycles. The highest BCUT2D eigenvalue weighted by Crippen LogP contribution is 2.23. The average Bonchev–Trinajstić information content (AvgIpc) is 2.81. The largest absolute Gasteiger partial charge is 0.347 e. The molecule has 0 aliphatic carbocycles. The predicted molar refractivity (Wildman–Crippen MR) is 99.9 cm³/mol. The van der Waals surface area contributed by atoms with E-state index in [1.165, 1.54) is 11.1 Å². The average molecular weight is 334 g/mol. The number of hydrogen-bond acceptors (Lipinski definition) is 2. The number of carbonyl (C=O) groups excluding carboxylic acids is 1. The topological polar surface area (TPSA) is 35.6 Å². The zero-order valence-corrected chi connectivity index (χ0v) is 15.2. The predicted octanol–water partition coefficient (Wildman–Crippen LogP) is 3.06. The SMILES string of the molecule is CCc1cccc(CC)c1NC(=S)N1CCCN(C(C)=O)CC1. The zero-order valence-electron chi connectivity index (χ0n) is 14.4. The second-order valence-electron chi connectivity index (χ2n) is 5.94. The van der Waals surface area contributed by atoms with Gasteiger partial charge in [0.15, 0.2) is 5.11 Å². The van der Waals surface area contributed by atoms with E-state index in [-0.39, 0.29) is 5.91 Å². The molecule has 1 aliphatic heterocycles. The highest BCUT2D eigenvalue weighted by molar-refractivity contribution is 7.80. The summed E-state index contributed by atoms with van der Waals surface area (Å²) in [5.74, 6) is 0.148. The molecule has 0 unspecified atom stereocenters. The second kappa shape index (κ2) is 8.29. The van der Waals surface area contributed by atoms with Gasteiger partial charge < -0.3 is 15.1 Å². The van der Waals surface area contributed by atoms with E-state index in [9.17, 15) is 4.79 Å². The van der Waals surface area contributed by atoms with Gasteiger partial charge in [0.2, 0.25) is 5.91 Å². The van der Waals surface area contributed by atoms with Crippen LogP contribution in [0.4, 0.5) is 5.69 Å². The Morgan fingerprint density at radius 2 is 1.65 bits per heavy atom. The molecule has 1 saturated heterocycles. The molecule has 23 heavy (non-hydrogen) atoms. The van der Waals surface area contributed by atoms with Crippen molar-refractivity contribution in [2.45, 2.75) is 40.0 Å². The normalized spacial score (nSPS) is 15.3. The standard InChI is InChI=1S/C18H27N3OS/c1-4-15-8-6-9-16(5-2)17(15)19-18(23)21-11-7-10-20(12-13-21)14(3)22/h6,8-9H,4-5,7,10-13H2,1-3H3,(H,19,23). The molecule has 1 aromatic rings. The summed E-state index contributed by atoms with van der Waals surface area (Å²) in [5, 5.41) is 4.25. The van der Waals surface area contributed by atoms with Crippen LogP contribution in [0.5, 0.6) is 0 Å². The van der Waals surface area contributed by atoms with E-state index >= 15 is 0 Å². The van der Waals surface area contributed by atoms with E-state index in [1.54, 1.807) is 6.92 Å². The molecule has 0 spiro atoms. The van der Waals surface area contributed by atoms with Gasteiger partial charge in [0.1, 0.15) is 0 Å². The first-order chi connectivity index (χ1) is 11.1. The molecule has 1 N–H and O–H groups in total. The molecule has 0 saturated carbocycles. The van der Waals surface area contributed by atoms with Crippen LogP contribution in [0, 0.1) is 0 Å². The van der Waals surface area contributed by atoms with E-state index < -0.39 is 0 Å². The van der Waals surface area contributed by atoms with Crippen molar-refractivity contribution in [3.05, 3.63) is 29.3 Å². The van der Waals surface area contributed by atoms with Gasteiger partial charge in [-0.1, -0.05) is 32.0 Å². The molecule has 0 radical (unpaired) electrons. The maximum Gasteiger partial charge on any atom is 0.219 e. The van der Waals surface area contributed by atoms with Crippen LogP contribution in [0.1, 0.15) is 38.3 Å². The summed E-state index contributed by atoms with van der Waals surface area (Å²) >= 11 is 5.65. The van der Waals surface area contributed by atoms with Crippen molar-refractivity contribution in [2.75, 3.05) is 31.5 Å². The summed E-state index contributed by atoms with van der Waals surface area (Å²) in [6.45, 7) is 9.22. The molecule has 5 heteroatoms. The first-order valence-corrected chi connectivity index (χ1v) is 8.89.